The quantitative estimate of drug-likeness (QED) is 0.0173. The van der Waals surface area contributed by atoms with Crippen LogP contribution in [0.15, 0.2) is 124 Å². The summed E-state index contributed by atoms with van der Waals surface area (Å²) in [5.41, 5.74) is 0.719. The van der Waals surface area contributed by atoms with Crippen molar-refractivity contribution in [3.05, 3.63) is 124 Å². The summed E-state index contributed by atoms with van der Waals surface area (Å²) in [6, 6.07) is 6.56. The topological polar surface area (TPSA) is 446 Å². The van der Waals surface area contributed by atoms with E-state index in [-0.39, 0.29) is 134 Å². The van der Waals surface area contributed by atoms with E-state index in [9.17, 15) is 79.2 Å². The molecule has 8 N–H and O–H groups in total. The van der Waals surface area contributed by atoms with Gasteiger partial charge in [-0.25, -0.2) is 38.4 Å². The van der Waals surface area contributed by atoms with E-state index in [0.29, 0.717) is 62.6 Å². The lowest BCUT2D eigenvalue weighted by Crippen LogP contribution is -2.39. The number of esters is 8. The maximum Gasteiger partial charge on any atom is 0.333 e. The van der Waals surface area contributed by atoms with Gasteiger partial charge in [-0.3, -0.25) is 0 Å². The predicted molar refractivity (Wildman–Crippen MR) is 412 cm³/mol. The van der Waals surface area contributed by atoms with Crippen LogP contribution in [0.1, 0.15) is 118 Å². The van der Waals surface area contributed by atoms with Crippen LogP contribution in [0.25, 0.3) is 0 Å². The SMILES string of the molecule is C=C(C)C(=O)OCC(O)COc1cccc(OCC(O)COC(=O)C(=C)C)c1.C=CC(=O)OCC(O)COC1CCC(C(C)(C)C2CCC(OCC(O)COC(=O)C=C)CC2)CC1.C=CC(=O)OCC(O)COCCCCCCOCC(O)COC(=O)C=C.C=CC(=O)OCC(O)COCCCCOCC(O)COC(=O)C=C. The lowest BCUT2D eigenvalue weighted by molar-refractivity contribution is -0.143. The highest BCUT2D eigenvalue weighted by molar-refractivity contribution is 5.87. The van der Waals surface area contributed by atoms with Gasteiger partial charge >= 0.3 is 47.8 Å². The van der Waals surface area contributed by atoms with Crippen LogP contribution in [0.2, 0.25) is 0 Å². The first kappa shape index (κ1) is 105. The molecule has 32 heteroatoms. The fourth-order valence-electron chi connectivity index (χ4n) is 10.3. The van der Waals surface area contributed by atoms with Gasteiger partial charge in [0.25, 0.3) is 0 Å². The molecule has 0 aliphatic heterocycles. The van der Waals surface area contributed by atoms with E-state index in [1.807, 2.05) is 0 Å². The lowest BCUT2D eigenvalue weighted by atomic mass is 9.60. The van der Waals surface area contributed by atoms with Crippen LogP contribution in [0, 0.1) is 17.3 Å². The number of aliphatic hydroxyl groups is 8. The van der Waals surface area contributed by atoms with Gasteiger partial charge < -0.3 is 117 Å². The van der Waals surface area contributed by atoms with Gasteiger partial charge in [0.05, 0.1) is 51.8 Å². The number of carbonyl (C=O) groups is 8. The number of hydrogen-bond acceptors (Lipinski definition) is 32. The first-order valence-corrected chi connectivity index (χ1v) is 37.6. The Labute approximate surface area is 664 Å². The molecule has 3 rings (SSSR count). The molecule has 2 fully saturated rings. The van der Waals surface area contributed by atoms with Gasteiger partial charge in [0, 0.05) is 80.1 Å². The minimum Gasteiger partial charge on any atom is -0.491 e. The standard InChI is InChI=1S/C27H44O8.C20H26O8.C18H30O8.C16H26O8/c1-5-25(30)34-17-21(28)15-32-23-11-7-19(8-12-23)27(3,4)20-9-13-24(14-10-20)33-16-22(29)18-35-26(31)6-2;1-13(2)19(23)27-11-15(21)9-25-17-6-5-7-18(8-17)26-10-16(22)12-28-20(24)14(3)4;1-3-17(21)25-13-15(19)11-23-9-7-5-6-8-10-24-12-16(20)14-26-18(22)4-2;1-3-15(19)23-11-13(17)9-21-7-5-6-8-22-10-14(18)12-24-16(20)4-2/h5-6,19-24,28-29H,1-2,7-18H2,3-4H3;5-8,15-16,21-22H,1,3,9-12H2,2,4H3;3-4,15-16,19-20H,1-2,5-14H2;3-4,13-14,17-18H,1-2,5-12H2. The molecule has 2 aliphatic carbocycles. The Morgan fingerprint density at radius 3 is 0.832 bits per heavy atom. The summed E-state index contributed by atoms with van der Waals surface area (Å²) in [7, 11) is 0. The summed E-state index contributed by atoms with van der Waals surface area (Å²) in [6.45, 7) is 35.7. The number of aliphatic hydroxyl groups excluding tert-OH is 8. The van der Waals surface area contributed by atoms with E-state index in [1.165, 1.54) is 13.8 Å². The van der Waals surface area contributed by atoms with Crippen molar-refractivity contribution in [1.82, 2.24) is 0 Å². The number of ether oxygens (including phenoxy) is 16. The van der Waals surface area contributed by atoms with E-state index in [2.05, 4.69) is 85.4 Å². The van der Waals surface area contributed by atoms with E-state index >= 15 is 0 Å². The third kappa shape index (κ3) is 56.8. The summed E-state index contributed by atoms with van der Waals surface area (Å²) in [6.07, 6.45) is 12.7. The molecular formula is C81H126O32. The molecule has 1 aromatic carbocycles. The Kier molecular flexibility index (Phi) is 60.6. The minimum absolute atomic E-state index is 0.0681. The fourth-order valence-corrected chi connectivity index (χ4v) is 10.3. The first-order chi connectivity index (χ1) is 53.8. The number of hydrogen-bond donors (Lipinski definition) is 8. The first-order valence-electron chi connectivity index (χ1n) is 37.6. The van der Waals surface area contributed by atoms with Gasteiger partial charge in [-0.1, -0.05) is 85.4 Å². The molecule has 2 saturated carbocycles. The monoisotopic (exact) mass is 1610 g/mol. The molecular weight excluding hydrogens is 1480 g/mol. The van der Waals surface area contributed by atoms with Crippen LogP contribution in [0.3, 0.4) is 0 Å². The molecule has 32 nitrogen and oxygen atoms in total. The lowest BCUT2D eigenvalue weighted by Gasteiger charge is -2.46. The van der Waals surface area contributed by atoms with Crippen LogP contribution in [0.5, 0.6) is 11.5 Å². The molecule has 0 bridgehead atoms. The number of carbonyl (C=O) groups excluding carboxylic acids is 8. The molecule has 2 aliphatic rings. The van der Waals surface area contributed by atoms with Crippen molar-refractivity contribution in [3.8, 4) is 11.5 Å². The Morgan fingerprint density at radius 2 is 0.584 bits per heavy atom. The second-order valence-electron chi connectivity index (χ2n) is 26.9. The molecule has 8 unspecified atom stereocenters. The minimum atomic E-state index is -1.00. The molecule has 0 radical (unpaired) electrons. The summed E-state index contributed by atoms with van der Waals surface area (Å²) >= 11 is 0. The van der Waals surface area contributed by atoms with Gasteiger partial charge in [-0.15, -0.1) is 0 Å². The average Bonchev–Trinajstić information content (AvgIpc) is 0.803. The van der Waals surface area contributed by atoms with Crippen molar-refractivity contribution in [2.75, 3.05) is 132 Å². The fraction of sp³-hybridized carbons (Fsp3) is 0.630. The predicted octanol–water partition coefficient (Wildman–Crippen LogP) is 5.49. The largest absolute Gasteiger partial charge is 0.491 e. The van der Waals surface area contributed by atoms with Crippen molar-refractivity contribution in [3.63, 3.8) is 0 Å². The van der Waals surface area contributed by atoms with Crippen LogP contribution in [-0.4, -0.2) is 282 Å². The van der Waals surface area contributed by atoms with Crippen molar-refractivity contribution < 1.29 is 155 Å². The summed E-state index contributed by atoms with van der Waals surface area (Å²) in [5.74, 6) is -2.48. The van der Waals surface area contributed by atoms with Gasteiger partial charge in [0.15, 0.2) is 0 Å². The Balaban J connectivity index is 0.00000150. The third-order valence-electron chi connectivity index (χ3n) is 16.6. The third-order valence-corrected chi connectivity index (χ3v) is 16.6. The molecule has 0 aromatic heterocycles. The highest BCUT2D eigenvalue weighted by atomic mass is 16.6. The van der Waals surface area contributed by atoms with Crippen molar-refractivity contribution >= 4 is 47.8 Å². The van der Waals surface area contributed by atoms with Gasteiger partial charge in [0.2, 0.25) is 0 Å². The number of rotatable bonds is 58. The Hall–Kier alpha value is -8.06. The maximum absolute atomic E-state index is 11.3. The van der Waals surface area contributed by atoms with Crippen LogP contribution in [-0.2, 0) is 105 Å². The molecule has 1 aromatic rings. The van der Waals surface area contributed by atoms with Crippen molar-refractivity contribution in [2.24, 2.45) is 17.3 Å². The zero-order chi connectivity index (χ0) is 84.8. The number of benzene rings is 1. The summed E-state index contributed by atoms with van der Waals surface area (Å²) in [5, 5.41) is 77.4. The van der Waals surface area contributed by atoms with Gasteiger partial charge in [-0.05, 0) is 120 Å². The van der Waals surface area contributed by atoms with Gasteiger partial charge in [0.1, 0.15) is 126 Å². The van der Waals surface area contributed by atoms with Crippen LogP contribution < -0.4 is 9.47 Å². The molecule has 113 heavy (non-hydrogen) atoms. The van der Waals surface area contributed by atoms with E-state index in [0.717, 1.165) is 114 Å². The van der Waals surface area contributed by atoms with E-state index in [4.69, 9.17) is 56.8 Å². The molecule has 0 heterocycles. The average molecular weight is 1610 g/mol. The normalized spacial score (nSPS) is 17.1. The number of unbranched alkanes of at least 4 members (excludes halogenated alkanes) is 4. The highest BCUT2D eigenvalue weighted by Crippen LogP contribution is 2.49. The van der Waals surface area contributed by atoms with E-state index < -0.39 is 96.6 Å². The van der Waals surface area contributed by atoms with Gasteiger partial charge in [-0.2, -0.15) is 0 Å². The zero-order valence-corrected chi connectivity index (χ0v) is 66.3. The highest BCUT2D eigenvalue weighted by Gasteiger charge is 2.41. The maximum atomic E-state index is 11.3. The second kappa shape index (κ2) is 65.2. The smallest absolute Gasteiger partial charge is 0.333 e. The second-order valence-corrected chi connectivity index (χ2v) is 26.9. The summed E-state index contributed by atoms with van der Waals surface area (Å²) in [4.78, 5) is 87.9. The molecule has 0 spiro atoms. The Bertz CT molecular complexity index is 2730. The zero-order valence-electron chi connectivity index (χ0n) is 66.3. The van der Waals surface area contributed by atoms with Crippen LogP contribution in [0.4, 0.5) is 0 Å². The van der Waals surface area contributed by atoms with Crippen molar-refractivity contribution in [2.45, 2.75) is 179 Å². The summed E-state index contributed by atoms with van der Waals surface area (Å²) < 4.78 is 81.7. The Morgan fingerprint density at radius 1 is 0.354 bits per heavy atom. The van der Waals surface area contributed by atoms with Crippen LogP contribution >= 0.6 is 0 Å². The molecule has 0 amide bonds. The molecule has 642 valence electrons. The van der Waals surface area contributed by atoms with E-state index in [1.54, 1.807) is 24.3 Å². The van der Waals surface area contributed by atoms with Crippen molar-refractivity contribution in [1.29, 1.82) is 0 Å². The molecule has 8 atom stereocenters. The molecule has 0 saturated heterocycles.